The number of benzene rings is 1. The third-order valence-corrected chi connectivity index (χ3v) is 4.82. The molecule has 3 nitrogen and oxygen atoms in total. The quantitative estimate of drug-likeness (QED) is 0.839. The molecule has 1 aliphatic rings. The zero-order valence-electron chi connectivity index (χ0n) is 11.6. The Morgan fingerprint density at radius 2 is 2.25 bits per heavy atom. The lowest BCUT2D eigenvalue weighted by Crippen LogP contribution is -2.47. The summed E-state index contributed by atoms with van der Waals surface area (Å²) in [7, 11) is 1.70. The van der Waals surface area contributed by atoms with Gasteiger partial charge in [-0.25, -0.2) is 4.39 Å². The highest BCUT2D eigenvalue weighted by Gasteiger charge is 2.32. The monoisotopic (exact) mass is 360 g/mol. The number of ether oxygens (including phenoxy) is 1. The van der Waals surface area contributed by atoms with Gasteiger partial charge in [0.1, 0.15) is 4.99 Å². The zero-order valence-corrected chi connectivity index (χ0v) is 14.0. The van der Waals surface area contributed by atoms with Crippen molar-refractivity contribution in [2.24, 2.45) is 5.73 Å². The summed E-state index contributed by atoms with van der Waals surface area (Å²) >= 11 is 8.16. The van der Waals surface area contributed by atoms with Crippen LogP contribution in [-0.4, -0.2) is 30.8 Å². The fraction of sp³-hybridized carbons (Fsp3) is 0.500. The van der Waals surface area contributed by atoms with E-state index < -0.39 is 0 Å². The van der Waals surface area contributed by atoms with Crippen LogP contribution in [0.5, 0.6) is 0 Å². The number of methoxy groups -OCH3 is 1. The molecule has 0 amide bonds. The van der Waals surface area contributed by atoms with Crippen LogP contribution in [0.4, 0.5) is 10.1 Å². The maximum atomic E-state index is 14.5. The summed E-state index contributed by atoms with van der Waals surface area (Å²) in [6.45, 7) is 3.53. The van der Waals surface area contributed by atoms with Crippen molar-refractivity contribution in [3.8, 4) is 0 Å². The van der Waals surface area contributed by atoms with Gasteiger partial charge in [0, 0.05) is 25.8 Å². The van der Waals surface area contributed by atoms with Crippen LogP contribution in [0.2, 0.25) is 0 Å². The molecule has 1 heterocycles. The highest BCUT2D eigenvalue weighted by Crippen LogP contribution is 2.33. The molecule has 20 heavy (non-hydrogen) atoms. The molecule has 1 aromatic rings. The maximum absolute atomic E-state index is 14.5. The molecular formula is C14H18BrFN2OS. The highest BCUT2D eigenvalue weighted by atomic mass is 79.9. The predicted octanol–water partition coefficient (Wildman–Crippen LogP) is 3.23. The Hall–Kier alpha value is -0.720. The normalized spacial score (nSPS) is 22.9. The molecule has 1 saturated heterocycles. The van der Waals surface area contributed by atoms with E-state index in [4.69, 9.17) is 22.7 Å². The van der Waals surface area contributed by atoms with Gasteiger partial charge in [0.25, 0.3) is 0 Å². The van der Waals surface area contributed by atoms with Crippen molar-refractivity contribution in [3.05, 3.63) is 28.0 Å². The third kappa shape index (κ3) is 2.97. The van der Waals surface area contributed by atoms with Crippen molar-refractivity contribution in [3.63, 3.8) is 0 Å². The van der Waals surface area contributed by atoms with Crippen LogP contribution in [-0.2, 0) is 4.74 Å². The number of piperidine rings is 1. The average molecular weight is 361 g/mol. The minimum atomic E-state index is -0.323. The summed E-state index contributed by atoms with van der Waals surface area (Å²) in [6.07, 6.45) is 1.95. The lowest BCUT2D eigenvalue weighted by atomic mass is 9.94. The van der Waals surface area contributed by atoms with Crippen molar-refractivity contribution in [2.75, 3.05) is 25.1 Å². The van der Waals surface area contributed by atoms with Crippen LogP contribution in [0.1, 0.15) is 25.3 Å². The largest absolute Gasteiger partial charge is 0.389 e. The SMILES string of the molecule is COC1(C)CCCN(c2ccc(C(N)=S)c(Br)c2F)C1. The van der Waals surface area contributed by atoms with Crippen LogP contribution in [0.25, 0.3) is 0 Å². The molecule has 2 N–H and O–H groups in total. The molecule has 1 atom stereocenters. The average Bonchev–Trinajstić information content (AvgIpc) is 2.41. The molecule has 110 valence electrons. The van der Waals surface area contributed by atoms with Crippen molar-refractivity contribution < 1.29 is 9.13 Å². The van der Waals surface area contributed by atoms with Gasteiger partial charge in [-0.1, -0.05) is 12.2 Å². The van der Waals surface area contributed by atoms with Gasteiger partial charge in [0.05, 0.1) is 15.8 Å². The Bertz CT molecular complexity index is 540. The Morgan fingerprint density at radius 1 is 1.55 bits per heavy atom. The number of halogens is 2. The summed E-state index contributed by atoms with van der Waals surface area (Å²) in [5.74, 6) is -0.323. The predicted molar refractivity (Wildman–Crippen MR) is 86.8 cm³/mol. The number of hydrogen-bond donors (Lipinski definition) is 1. The van der Waals surface area contributed by atoms with E-state index in [9.17, 15) is 4.39 Å². The molecule has 6 heteroatoms. The van der Waals surface area contributed by atoms with E-state index in [-0.39, 0.29) is 16.4 Å². The van der Waals surface area contributed by atoms with Gasteiger partial charge in [-0.3, -0.25) is 0 Å². The summed E-state index contributed by atoms with van der Waals surface area (Å²) < 4.78 is 20.4. The fourth-order valence-electron chi connectivity index (χ4n) is 2.55. The molecule has 1 unspecified atom stereocenters. The molecule has 2 rings (SSSR count). The standard InChI is InChI=1S/C14H18BrFN2OS/c1-14(19-2)6-3-7-18(8-14)10-5-4-9(13(17)20)11(15)12(10)16/h4-5H,3,6-8H2,1-2H3,(H2,17,20). The maximum Gasteiger partial charge on any atom is 0.161 e. The van der Waals surface area contributed by atoms with Gasteiger partial charge in [0.15, 0.2) is 5.82 Å². The van der Waals surface area contributed by atoms with E-state index in [0.717, 1.165) is 19.4 Å². The summed E-state index contributed by atoms with van der Waals surface area (Å²) in [4.78, 5) is 2.19. The second-order valence-corrected chi connectivity index (χ2v) is 6.54. The molecule has 0 saturated carbocycles. The van der Waals surface area contributed by atoms with Gasteiger partial charge in [-0.2, -0.15) is 0 Å². The van der Waals surface area contributed by atoms with Crippen molar-refractivity contribution in [1.29, 1.82) is 0 Å². The first-order valence-corrected chi connectivity index (χ1v) is 7.66. The van der Waals surface area contributed by atoms with Gasteiger partial charge in [-0.15, -0.1) is 0 Å². The first-order valence-electron chi connectivity index (χ1n) is 6.46. The summed E-state index contributed by atoms with van der Waals surface area (Å²) in [5.41, 5.74) is 6.42. The Labute approximate surface area is 132 Å². The van der Waals surface area contributed by atoms with Gasteiger partial charge in [-0.05, 0) is 47.8 Å². The Morgan fingerprint density at radius 3 is 2.85 bits per heavy atom. The number of anilines is 1. The van der Waals surface area contributed by atoms with Gasteiger partial charge >= 0.3 is 0 Å². The molecule has 1 aliphatic heterocycles. The third-order valence-electron chi connectivity index (χ3n) is 3.82. The van der Waals surface area contributed by atoms with Crippen molar-refractivity contribution in [1.82, 2.24) is 0 Å². The topological polar surface area (TPSA) is 38.5 Å². The number of thiocarbonyl (C=S) groups is 1. The minimum Gasteiger partial charge on any atom is -0.389 e. The number of nitrogens with zero attached hydrogens (tertiary/aromatic N) is 1. The Balaban J connectivity index is 2.34. The number of rotatable bonds is 3. The van der Waals surface area contributed by atoms with Crippen LogP contribution in [0.15, 0.2) is 16.6 Å². The molecule has 1 fully saturated rings. The molecule has 0 spiro atoms. The molecule has 0 bridgehead atoms. The first kappa shape index (κ1) is 15.7. The van der Waals surface area contributed by atoms with E-state index >= 15 is 0 Å². The van der Waals surface area contributed by atoms with Gasteiger partial charge in [0.2, 0.25) is 0 Å². The first-order chi connectivity index (χ1) is 9.38. The lowest BCUT2D eigenvalue weighted by Gasteiger charge is -2.40. The smallest absolute Gasteiger partial charge is 0.161 e. The van der Waals surface area contributed by atoms with E-state index in [1.807, 2.05) is 4.90 Å². The fourth-order valence-corrected chi connectivity index (χ4v) is 3.40. The van der Waals surface area contributed by atoms with Crippen LogP contribution < -0.4 is 10.6 Å². The molecule has 0 radical (unpaired) electrons. The second-order valence-electron chi connectivity index (χ2n) is 5.30. The van der Waals surface area contributed by atoms with E-state index in [1.165, 1.54) is 0 Å². The van der Waals surface area contributed by atoms with E-state index in [0.29, 0.717) is 22.3 Å². The van der Waals surface area contributed by atoms with Crippen molar-refractivity contribution >= 4 is 38.8 Å². The van der Waals surface area contributed by atoms with Crippen LogP contribution in [0, 0.1) is 5.82 Å². The van der Waals surface area contributed by atoms with Gasteiger partial charge < -0.3 is 15.4 Å². The number of hydrogen-bond acceptors (Lipinski definition) is 3. The van der Waals surface area contributed by atoms with E-state index in [1.54, 1.807) is 19.2 Å². The van der Waals surface area contributed by atoms with E-state index in [2.05, 4.69) is 22.9 Å². The molecule has 0 aromatic heterocycles. The molecule has 1 aromatic carbocycles. The zero-order chi connectivity index (χ0) is 14.9. The van der Waals surface area contributed by atoms with Crippen LogP contribution in [0.3, 0.4) is 0 Å². The second kappa shape index (κ2) is 5.95. The number of nitrogens with two attached hydrogens (primary N) is 1. The lowest BCUT2D eigenvalue weighted by molar-refractivity contribution is -0.00477. The Kier molecular flexibility index (Phi) is 4.66. The highest BCUT2D eigenvalue weighted by molar-refractivity contribution is 9.10. The van der Waals surface area contributed by atoms with Crippen molar-refractivity contribution in [2.45, 2.75) is 25.4 Å². The molecule has 0 aliphatic carbocycles. The van der Waals surface area contributed by atoms with Crippen LogP contribution >= 0.6 is 28.1 Å². The summed E-state index contributed by atoms with van der Waals surface area (Å²) in [5, 5.41) is 0. The minimum absolute atomic E-state index is 0.183. The molecular weight excluding hydrogens is 343 g/mol. The summed E-state index contributed by atoms with van der Waals surface area (Å²) in [6, 6.07) is 3.49.